The van der Waals surface area contributed by atoms with Crippen molar-refractivity contribution >= 4 is 22.7 Å². The lowest BCUT2D eigenvalue weighted by molar-refractivity contribution is -0.143. The Labute approximate surface area is 180 Å². The minimum atomic E-state index is -0.541. The summed E-state index contributed by atoms with van der Waals surface area (Å²) in [6.45, 7) is 3.87. The quantitative estimate of drug-likeness (QED) is 0.386. The van der Waals surface area contributed by atoms with E-state index in [-0.39, 0.29) is 30.7 Å². The molecule has 3 rings (SSSR count). The first-order valence-corrected chi connectivity index (χ1v) is 9.78. The van der Waals surface area contributed by atoms with E-state index in [0.717, 1.165) is 11.1 Å². The predicted octanol–water partition coefficient (Wildman–Crippen LogP) is 4.05. The number of hydrogen-bond acceptors (Lipinski definition) is 6. The zero-order valence-corrected chi connectivity index (χ0v) is 17.2. The highest BCUT2D eigenvalue weighted by Crippen LogP contribution is 2.30. The van der Waals surface area contributed by atoms with Gasteiger partial charge in [-0.2, -0.15) is 5.26 Å². The Morgan fingerprint density at radius 3 is 2.61 bits per heavy atom. The first kappa shape index (κ1) is 21.5. The van der Waals surface area contributed by atoms with Crippen molar-refractivity contribution in [2.75, 3.05) is 6.61 Å². The molecular weight excluding hydrogens is 392 g/mol. The van der Waals surface area contributed by atoms with Crippen LogP contribution in [0.3, 0.4) is 0 Å². The van der Waals surface area contributed by atoms with Gasteiger partial charge < -0.3 is 9.84 Å². The lowest BCUT2D eigenvalue weighted by Gasteiger charge is -2.08. The molecule has 0 saturated heterocycles. The summed E-state index contributed by atoms with van der Waals surface area (Å²) in [4.78, 5) is 28.4. The molecule has 1 N–H and O–H groups in total. The number of hydrogen-bond donors (Lipinski definition) is 1. The van der Waals surface area contributed by atoms with Gasteiger partial charge in [0.2, 0.25) is 0 Å². The molecule has 6 nitrogen and oxygen atoms in total. The molecule has 0 spiro atoms. The maximum Gasteiger partial charge on any atom is 0.306 e. The Morgan fingerprint density at radius 1 is 1.13 bits per heavy atom. The van der Waals surface area contributed by atoms with Gasteiger partial charge in [-0.15, -0.1) is 0 Å². The molecule has 2 aromatic carbocycles. The number of pyridine rings is 1. The average Bonchev–Trinajstić information content (AvgIpc) is 2.76. The second-order valence-corrected chi connectivity index (χ2v) is 6.82. The van der Waals surface area contributed by atoms with Crippen molar-refractivity contribution in [2.45, 2.75) is 26.7 Å². The van der Waals surface area contributed by atoms with Crippen molar-refractivity contribution in [3.8, 4) is 23.7 Å². The molecule has 0 saturated carbocycles. The number of fused-ring (bicyclic) bond motifs is 1. The lowest BCUT2D eigenvalue weighted by atomic mass is 10.0. The summed E-state index contributed by atoms with van der Waals surface area (Å²) in [5.41, 5.74) is 2.70. The molecule has 0 radical (unpaired) electrons. The molecule has 0 unspecified atom stereocenters. The number of esters is 1. The molecule has 0 aliphatic carbocycles. The van der Waals surface area contributed by atoms with Crippen LogP contribution in [0.2, 0.25) is 0 Å². The van der Waals surface area contributed by atoms with Gasteiger partial charge in [-0.1, -0.05) is 36.1 Å². The topological polar surface area (TPSA) is 100 Å². The first-order chi connectivity index (χ1) is 14.9. The summed E-state index contributed by atoms with van der Waals surface area (Å²) in [5, 5.41) is 20.4. The van der Waals surface area contributed by atoms with Crippen molar-refractivity contribution < 1.29 is 19.4 Å². The van der Waals surface area contributed by atoms with Crippen molar-refractivity contribution in [2.24, 2.45) is 0 Å². The van der Waals surface area contributed by atoms with Crippen LogP contribution in [0.15, 0.2) is 42.5 Å². The Morgan fingerprint density at radius 2 is 1.90 bits per heavy atom. The van der Waals surface area contributed by atoms with Crippen LogP contribution in [0.4, 0.5) is 0 Å². The zero-order valence-electron chi connectivity index (χ0n) is 17.2. The number of Topliss-reactive ketones (excluding diaryl/α,β-unsaturated/α-hetero) is 1. The van der Waals surface area contributed by atoms with E-state index in [0.29, 0.717) is 16.5 Å². The van der Waals surface area contributed by atoms with E-state index in [1.165, 1.54) is 0 Å². The molecule has 0 aliphatic rings. The fourth-order valence-corrected chi connectivity index (χ4v) is 3.06. The summed E-state index contributed by atoms with van der Waals surface area (Å²) >= 11 is 0. The molecule has 1 aromatic heterocycles. The highest BCUT2D eigenvalue weighted by molar-refractivity contribution is 6.02. The molecule has 31 heavy (non-hydrogen) atoms. The Bertz CT molecular complexity index is 1280. The number of carbonyl (C=O) groups excluding carboxylic acids is 2. The van der Waals surface area contributed by atoms with Gasteiger partial charge in [0.05, 0.1) is 18.5 Å². The molecule has 1 heterocycles. The second kappa shape index (κ2) is 9.56. The fourth-order valence-electron chi connectivity index (χ4n) is 3.06. The minimum Gasteiger partial charge on any atom is -0.504 e. The summed E-state index contributed by atoms with van der Waals surface area (Å²) in [6.07, 6.45) is -0.307. The maximum atomic E-state index is 12.6. The molecule has 3 aromatic rings. The van der Waals surface area contributed by atoms with Gasteiger partial charge in [0, 0.05) is 22.9 Å². The van der Waals surface area contributed by atoms with Gasteiger partial charge in [-0.25, -0.2) is 4.98 Å². The number of nitriles is 1. The summed E-state index contributed by atoms with van der Waals surface area (Å²) in [6, 6.07) is 14.7. The lowest BCUT2D eigenvalue weighted by Crippen LogP contribution is -2.10. The SMILES string of the molecule is CCOC(=O)CCC(=O)c1nc2cc(C#Cc3ccccc3C)ccc2c(C#N)c1O. The Kier molecular flexibility index (Phi) is 6.64. The highest BCUT2D eigenvalue weighted by atomic mass is 16.5. The van der Waals surface area contributed by atoms with Gasteiger partial charge in [0.25, 0.3) is 0 Å². The molecular formula is C25H20N2O4. The van der Waals surface area contributed by atoms with Crippen LogP contribution in [-0.2, 0) is 9.53 Å². The third-order valence-electron chi connectivity index (χ3n) is 4.68. The van der Waals surface area contributed by atoms with Crippen LogP contribution in [-0.4, -0.2) is 28.4 Å². The van der Waals surface area contributed by atoms with Gasteiger partial charge in [-0.05, 0) is 37.6 Å². The third kappa shape index (κ3) is 4.88. The third-order valence-corrected chi connectivity index (χ3v) is 4.68. The van der Waals surface area contributed by atoms with Crippen LogP contribution in [0.25, 0.3) is 10.9 Å². The van der Waals surface area contributed by atoms with Gasteiger partial charge in [0.15, 0.2) is 11.5 Å². The van der Waals surface area contributed by atoms with Crippen molar-refractivity contribution in [1.29, 1.82) is 5.26 Å². The standard InChI is InChI=1S/C25H20N2O4/c1-3-31-23(29)13-12-22(28)24-25(30)20(15-26)19-11-9-17(14-21(19)27-24)8-10-18-7-5-4-6-16(18)2/h4-7,9,11,14,30H,3,12-13H2,1-2H3. The second-order valence-electron chi connectivity index (χ2n) is 6.82. The minimum absolute atomic E-state index is 0.0390. The molecule has 154 valence electrons. The molecule has 0 amide bonds. The molecule has 0 atom stereocenters. The van der Waals surface area contributed by atoms with E-state index < -0.39 is 17.5 Å². The Hall–Kier alpha value is -4.16. The van der Waals surface area contributed by atoms with Crippen molar-refractivity contribution in [3.63, 3.8) is 0 Å². The number of ether oxygens (including phenoxy) is 1. The molecule has 0 aliphatic heterocycles. The number of aromatic hydroxyl groups is 1. The van der Waals surface area contributed by atoms with Crippen molar-refractivity contribution in [1.82, 2.24) is 4.98 Å². The smallest absolute Gasteiger partial charge is 0.306 e. The van der Waals surface area contributed by atoms with Crippen LogP contribution < -0.4 is 0 Å². The van der Waals surface area contributed by atoms with Gasteiger partial charge >= 0.3 is 5.97 Å². The number of carbonyl (C=O) groups is 2. The fraction of sp³-hybridized carbons (Fsp3) is 0.200. The maximum absolute atomic E-state index is 12.6. The number of aryl methyl sites for hydroxylation is 1. The predicted molar refractivity (Wildman–Crippen MR) is 115 cm³/mol. The normalized spacial score (nSPS) is 10.1. The highest BCUT2D eigenvalue weighted by Gasteiger charge is 2.21. The molecule has 0 bridgehead atoms. The van der Waals surface area contributed by atoms with Gasteiger partial charge in [-0.3, -0.25) is 9.59 Å². The first-order valence-electron chi connectivity index (χ1n) is 9.78. The van der Waals surface area contributed by atoms with Crippen molar-refractivity contribution in [3.05, 3.63) is 70.4 Å². The average molecular weight is 412 g/mol. The van der Waals surface area contributed by atoms with E-state index >= 15 is 0 Å². The molecule has 6 heteroatoms. The summed E-state index contributed by atoms with van der Waals surface area (Å²) < 4.78 is 4.82. The number of benzene rings is 2. The number of aromatic nitrogens is 1. The van der Waals surface area contributed by atoms with E-state index in [9.17, 15) is 20.0 Å². The zero-order chi connectivity index (χ0) is 22.4. The van der Waals surface area contributed by atoms with Crippen LogP contribution in [0.1, 0.15) is 52.5 Å². The van der Waals surface area contributed by atoms with Crippen LogP contribution in [0, 0.1) is 30.1 Å². The van der Waals surface area contributed by atoms with Gasteiger partial charge in [0.1, 0.15) is 17.3 Å². The van der Waals surface area contributed by atoms with Crippen LogP contribution in [0.5, 0.6) is 5.75 Å². The number of rotatable bonds is 5. The summed E-state index contributed by atoms with van der Waals surface area (Å²) in [5.74, 6) is 4.64. The summed E-state index contributed by atoms with van der Waals surface area (Å²) in [7, 11) is 0. The molecule has 0 fully saturated rings. The van der Waals surface area contributed by atoms with E-state index in [4.69, 9.17) is 4.74 Å². The van der Waals surface area contributed by atoms with E-state index in [1.54, 1.807) is 25.1 Å². The monoisotopic (exact) mass is 412 g/mol. The Balaban J connectivity index is 1.99. The van der Waals surface area contributed by atoms with E-state index in [2.05, 4.69) is 16.8 Å². The van der Waals surface area contributed by atoms with Crippen LogP contribution >= 0.6 is 0 Å². The number of ketones is 1. The van der Waals surface area contributed by atoms with E-state index in [1.807, 2.05) is 37.3 Å². The largest absolute Gasteiger partial charge is 0.504 e. The number of nitrogens with zero attached hydrogens (tertiary/aromatic N) is 2.